The predicted octanol–water partition coefficient (Wildman–Crippen LogP) is 1.58. The van der Waals surface area contributed by atoms with Crippen molar-refractivity contribution in [3.63, 3.8) is 0 Å². The Morgan fingerprint density at radius 2 is 1.75 bits per heavy atom. The van der Waals surface area contributed by atoms with Crippen LogP contribution in [-0.2, 0) is 4.74 Å². The number of β-amino-alcohol motifs (C(OH)–C–C–N with tert-alkyl or cyclic N) is 1. The molecular weight excluding hydrogens is 252 g/mol. The topological polar surface area (TPSA) is 35.9 Å². The molecule has 2 aliphatic heterocycles. The summed E-state index contributed by atoms with van der Waals surface area (Å²) in [5, 5.41) is 10.2. The highest BCUT2D eigenvalue weighted by Crippen LogP contribution is 2.20. The molecule has 0 amide bonds. The van der Waals surface area contributed by atoms with E-state index >= 15 is 0 Å². The smallest absolute Gasteiger partial charge is 0.0715 e. The second-order valence-corrected chi connectivity index (χ2v) is 7.47. The number of aliphatic hydroxyl groups excluding tert-OH is 1. The van der Waals surface area contributed by atoms with E-state index in [1.165, 1.54) is 19.3 Å². The summed E-state index contributed by atoms with van der Waals surface area (Å²) in [7, 11) is 0. The number of rotatable bonds is 4. The van der Waals surface area contributed by atoms with Crippen molar-refractivity contribution in [1.29, 1.82) is 0 Å². The van der Waals surface area contributed by atoms with Gasteiger partial charge in [0.15, 0.2) is 0 Å². The highest BCUT2D eigenvalue weighted by molar-refractivity contribution is 4.81. The highest BCUT2D eigenvalue weighted by Gasteiger charge is 2.27. The molecule has 0 saturated carbocycles. The average Bonchev–Trinajstić information content (AvgIpc) is 2.41. The van der Waals surface area contributed by atoms with Crippen molar-refractivity contribution in [3.8, 4) is 0 Å². The molecule has 0 aliphatic carbocycles. The zero-order valence-corrected chi connectivity index (χ0v) is 13.5. The van der Waals surface area contributed by atoms with Crippen LogP contribution < -0.4 is 0 Å². The first kappa shape index (κ1) is 16.2. The van der Waals surface area contributed by atoms with Crippen molar-refractivity contribution in [2.75, 3.05) is 45.9 Å². The van der Waals surface area contributed by atoms with Gasteiger partial charge < -0.3 is 9.84 Å². The van der Waals surface area contributed by atoms with Crippen LogP contribution in [0.1, 0.15) is 40.0 Å². The summed E-state index contributed by atoms with van der Waals surface area (Å²) in [5.41, 5.74) is -0.0208. The van der Waals surface area contributed by atoms with Gasteiger partial charge >= 0.3 is 0 Å². The van der Waals surface area contributed by atoms with Gasteiger partial charge in [0.1, 0.15) is 0 Å². The fourth-order valence-corrected chi connectivity index (χ4v) is 2.91. The molecule has 0 aromatic heterocycles. The molecule has 2 aliphatic rings. The Bertz CT molecular complexity index is 277. The lowest BCUT2D eigenvalue weighted by molar-refractivity contribution is -0.0227. The third-order valence-electron chi connectivity index (χ3n) is 4.63. The normalized spacial score (nSPS) is 28.5. The minimum absolute atomic E-state index is 0.0208. The predicted molar refractivity (Wildman–Crippen MR) is 81.9 cm³/mol. The highest BCUT2D eigenvalue weighted by atomic mass is 16.5. The van der Waals surface area contributed by atoms with E-state index in [1.54, 1.807) is 0 Å². The van der Waals surface area contributed by atoms with Gasteiger partial charge in [-0.2, -0.15) is 0 Å². The van der Waals surface area contributed by atoms with E-state index in [9.17, 15) is 5.11 Å². The molecule has 2 rings (SSSR count). The molecular formula is C16H32N2O2. The van der Waals surface area contributed by atoms with Crippen molar-refractivity contribution >= 4 is 0 Å². The Morgan fingerprint density at radius 1 is 1.10 bits per heavy atom. The summed E-state index contributed by atoms with van der Waals surface area (Å²) in [5.74, 6) is 0. The zero-order valence-electron chi connectivity index (χ0n) is 13.5. The van der Waals surface area contributed by atoms with E-state index in [4.69, 9.17) is 4.74 Å². The number of ether oxygens (including phenoxy) is 1. The van der Waals surface area contributed by atoms with Crippen LogP contribution in [0.4, 0.5) is 0 Å². The Balaban J connectivity index is 1.67. The van der Waals surface area contributed by atoms with Crippen LogP contribution in [0.3, 0.4) is 0 Å². The van der Waals surface area contributed by atoms with Crippen molar-refractivity contribution in [1.82, 2.24) is 9.80 Å². The van der Waals surface area contributed by atoms with Gasteiger partial charge in [-0.3, -0.25) is 9.80 Å². The molecule has 0 bridgehead atoms. The molecule has 0 unspecified atom stereocenters. The molecule has 118 valence electrons. The summed E-state index contributed by atoms with van der Waals surface area (Å²) in [4.78, 5) is 4.92. The van der Waals surface area contributed by atoms with Crippen molar-refractivity contribution < 1.29 is 9.84 Å². The molecule has 1 N–H and O–H groups in total. The van der Waals surface area contributed by atoms with E-state index in [1.807, 2.05) is 0 Å². The number of hydrogen-bond donors (Lipinski definition) is 1. The van der Waals surface area contributed by atoms with Gasteiger partial charge in [-0.1, -0.05) is 20.8 Å². The first-order chi connectivity index (χ1) is 9.45. The van der Waals surface area contributed by atoms with Crippen LogP contribution in [0.25, 0.3) is 0 Å². The molecule has 0 radical (unpaired) electrons. The van der Waals surface area contributed by atoms with Crippen LogP contribution in [0.5, 0.6) is 0 Å². The molecule has 2 heterocycles. The van der Waals surface area contributed by atoms with Gasteiger partial charge in [0, 0.05) is 45.9 Å². The summed E-state index contributed by atoms with van der Waals surface area (Å²) in [6.07, 6.45) is 3.99. The lowest BCUT2D eigenvalue weighted by Gasteiger charge is -2.39. The fraction of sp³-hybridized carbons (Fsp3) is 1.00. The first-order valence-corrected chi connectivity index (χ1v) is 8.19. The van der Waals surface area contributed by atoms with Crippen LogP contribution >= 0.6 is 0 Å². The zero-order chi connectivity index (χ0) is 14.6. The number of piperazine rings is 1. The molecule has 2 atom stereocenters. The van der Waals surface area contributed by atoms with Crippen molar-refractivity contribution in [3.05, 3.63) is 0 Å². The molecule has 2 saturated heterocycles. The molecule has 4 nitrogen and oxygen atoms in total. The maximum atomic E-state index is 10.2. The molecule has 0 aromatic carbocycles. The van der Waals surface area contributed by atoms with Gasteiger partial charge in [-0.15, -0.1) is 0 Å². The maximum absolute atomic E-state index is 10.2. The lowest BCUT2D eigenvalue weighted by Crippen LogP contribution is -2.51. The average molecular weight is 284 g/mol. The van der Waals surface area contributed by atoms with E-state index in [0.29, 0.717) is 6.10 Å². The molecule has 20 heavy (non-hydrogen) atoms. The fourth-order valence-electron chi connectivity index (χ4n) is 2.91. The van der Waals surface area contributed by atoms with Gasteiger partial charge in [0.2, 0.25) is 0 Å². The van der Waals surface area contributed by atoms with Crippen LogP contribution in [0.2, 0.25) is 0 Å². The van der Waals surface area contributed by atoms with Gasteiger partial charge in [-0.25, -0.2) is 0 Å². The van der Waals surface area contributed by atoms with Crippen LogP contribution in [0.15, 0.2) is 0 Å². The van der Waals surface area contributed by atoms with E-state index in [-0.39, 0.29) is 11.5 Å². The molecule has 2 fully saturated rings. The Hall–Kier alpha value is -0.160. The number of aliphatic hydroxyl groups is 1. The van der Waals surface area contributed by atoms with E-state index in [2.05, 4.69) is 30.6 Å². The second kappa shape index (κ2) is 7.21. The SMILES string of the molecule is CC(C)(C)[C@@H](O)CN1CCN(C[C@@H]2CCCCO2)CC1. The quantitative estimate of drug-likeness (QED) is 0.850. The molecule has 0 aromatic rings. The van der Waals surface area contributed by atoms with Gasteiger partial charge in [-0.05, 0) is 24.7 Å². The maximum Gasteiger partial charge on any atom is 0.0715 e. The van der Waals surface area contributed by atoms with Gasteiger partial charge in [0.05, 0.1) is 12.2 Å². The molecule has 4 heteroatoms. The lowest BCUT2D eigenvalue weighted by atomic mass is 9.89. The minimum Gasteiger partial charge on any atom is -0.391 e. The van der Waals surface area contributed by atoms with Crippen molar-refractivity contribution in [2.45, 2.75) is 52.2 Å². The summed E-state index contributed by atoms with van der Waals surface area (Å²) in [6.45, 7) is 13.5. The number of hydrogen-bond acceptors (Lipinski definition) is 4. The Labute approximate surface area is 124 Å². The van der Waals surface area contributed by atoms with Crippen LogP contribution in [0, 0.1) is 5.41 Å². The summed E-state index contributed by atoms with van der Waals surface area (Å²) >= 11 is 0. The van der Waals surface area contributed by atoms with Gasteiger partial charge in [0.25, 0.3) is 0 Å². The Morgan fingerprint density at radius 3 is 2.30 bits per heavy atom. The summed E-state index contributed by atoms with van der Waals surface area (Å²) in [6, 6.07) is 0. The first-order valence-electron chi connectivity index (χ1n) is 8.19. The van der Waals surface area contributed by atoms with E-state index in [0.717, 1.165) is 45.9 Å². The van der Waals surface area contributed by atoms with Crippen LogP contribution in [-0.4, -0.2) is 73.0 Å². The third-order valence-corrected chi connectivity index (χ3v) is 4.63. The standard InChI is InChI=1S/C16H32N2O2/c1-16(2,3)15(19)13-18-9-7-17(8-10-18)12-14-6-4-5-11-20-14/h14-15,19H,4-13H2,1-3H3/t14-,15-/m0/s1. The number of nitrogens with zero attached hydrogens (tertiary/aromatic N) is 2. The van der Waals surface area contributed by atoms with E-state index < -0.39 is 0 Å². The third kappa shape index (κ3) is 4.99. The Kier molecular flexibility index (Phi) is 5.84. The summed E-state index contributed by atoms with van der Waals surface area (Å²) < 4.78 is 5.82. The second-order valence-electron chi connectivity index (χ2n) is 7.47. The largest absolute Gasteiger partial charge is 0.391 e. The minimum atomic E-state index is -0.240. The molecule has 0 spiro atoms. The van der Waals surface area contributed by atoms with Crippen molar-refractivity contribution in [2.24, 2.45) is 5.41 Å². The monoisotopic (exact) mass is 284 g/mol.